The molecule has 10 aromatic rings. The van der Waals surface area contributed by atoms with Crippen molar-refractivity contribution in [3.63, 3.8) is 0 Å². The van der Waals surface area contributed by atoms with Crippen molar-refractivity contribution in [1.82, 2.24) is 14.5 Å². The molecule has 4 aromatic heterocycles. The summed E-state index contributed by atoms with van der Waals surface area (Å²) < 4.78 is 11.2. The van der Waals surface area contributed by atoms with Crippen molar-refractivity contribution in [2.75, 3.05) is 0 Å². The Bertz CT molecular complexity index is 2790. The Morgan fingerprint density at radius 2 is 1.50 bits per heavy atom. The van der Waals surface area contributed by atoms with E-state index in [-0.39, 0.29) is 5.28 Å². The summed E-state index contributed by atoms with van der Waals surface area (Å²) in [6.07, 6.45) is 0. The average Bonchev–Trinajstić information content (AvgIpc) is 3.75. The Hall–Kier alpha value is -5.41. The van der Waals surface area contributed by atoms with Gasteiger partial charge < -0.3 is 8.98 Å². The first-order valence-corrected chi connectivity index (χ1v) is 15.5. The molecular weight excluding hydrogens is 582 g/mol. The Kier molecular flexibility index (Phi) is 4.82. The van der Waals surface area contributed by atoms with Gasteiger partial charge in [0.25, 0.3) is 0 Å². The highest BCUT2D eigenvalue weighted by molar-refractivity contribution is 7.27. The van der Waals surface area contributed by atoms with E-state index in [1.807, 2.05) is 41.7 Å². The number of hydrogen-bond acceptors (Lipinski definition) is 4. The number of halogens is 1. The minimum atomic E-state index is 0.191. The van der Waals surface area contributed by atoms with Crippen LogP contribution in [0.1, 0.15) is 0 Å². The fraction of sp³-hybridized carbons (Fsp3) is 0. The Morgan fingerprint density at radius 1 is 0.727 bits per heavy atom. The number of rotatable bonds is 2. The number of furan rings is 1. The first-order valence-electron chi connectivity index (χ1n) is 14.3. The standard InChI is InChI=1S/C38H18ClN3OS/c39-38-40-33(36-34(41-38)26-12-4-7-15-29(26)43-36)21-17-19-22(20-18-21)42-28-14-6-3-11-25(28)31-32-27-13-5-8-16-30(27)44-37(32)24-10-2-1-9-23(24)35(31)42/h2-8,10-20H. The fourth-order valence-electron chi connectivity index (χ4n) is 6.77. The number of fused-ring (bicyclic) bond motifs is 13. The summed E-state index contributed by atoms with van der Waals surface area (Å²) in [5.41, 5.74) is 6.99. The molecule has 0 aliphatic rings. The number of thiophene rings is 1. The van der Waals surface area contributed by atoms with Crippen LogP contribution in [-0.4, -0.2) is 14.5 Å². The smallest absolute Gasteiger partial charge is 0.223 e. The summed E-state index contributed by atoms with van der Waals surface area (Å²) in [5.74, 6) is 0. The van der Waals surface area contributed by atoms with Crippen LogP contribution in [0.5, 0.6) is 0 Å². The molecule has 6 heteroatoms. The second-order valence-corrected chi connectivity index (χ2v) is 12.3. The topological polar surface area (TPSA) is 43.9 Å². The fourth-order valence-corrected chi connectivity index (χ4v) is 8.18. The van der Waals surface area contributed by atoms with Crippen molar-refractivity contribution in [2.24, 2.45) is 0 Å². The molecule has 4 nitrogen and oxygen atoms in total. The van der Waals surface area contributed by atoms with Crippen LogP contribution in [-0.2, 0) is 0 Å². The van der Waals surface area contributed by atoms with Crippen molar-refractivity contribution in [2.45, 2.75) is 0 Å². The number of nitrogens with zero attached hydrogens (tertiary/aromatic N) is 3. The van der Waals surface area contributed by atoms with Gasteiger partial charge in [-0.05, 0) is 60.1 Å². The molecule has 0 bridgehead atoms. The van der Waals surface area contributed by atoms with Gasteiger partial charge in [-0.15, -0.1) is 11.3 Å². The molecule has 0 aliphatic carbocycles. The maximum atomic E-state index is 6.44. The summed E-state index contributed by atoms with van der Waals surface area (Å²) >= 11 is 8.28. The van der Waals surface area contributed by atoms with Crippen LogP contribution in [0.25, 0.3) is 91.8 Å². The molecule has 0 spiro atoms. The van der Waals surface area contributed by atoms with Crippen LogP contribution in [0.15, 0.2) is 114 Å². The van der Waals surface area contributed by atoms with Crippen LogP contribution in [0, 0.1) is 12.1 Å². The summed E-state index contributed by atoms with van der Waals surface area (Å²) in [6, 6.07) is 44.5. The van der Waals surface area contributed by atoms with Gasteiger partial charge >= 0.3 is 0 Å². The highest BCUT2D eigenvalue weighted by Gasteiger charge is 2.22. The number of aromatic nitrogens is 3. The minimum Gasteiger partial charge on any atom is -0.452 e. The molecule has 204 valence electrons. The summed E-state index contributed by atoms with van der Waals surface area (Å²) in [6.45, 7) is 0. The molecule has 10 rings (SSSR count). The Morgan fingerprint density at radius 3 is 2.39 bits per heavy atom. The lowest BCUT2D eigenvalue weighted by Crippen LogP contribution is -1.95. The number of para-hydroxylation sites is 2. The van der Waals surface area contributed by atoms with Crippen LogP contribution in [0.2, 0.25) is 5.28 Å². The SMILES string of the molecule is Clc1nc(-c2ccc(-n3c4ccccc4c4c5c6ccccc6sc5c5ccc#cc5c43)cc2)c2oc3ccccc3c2n1. The van der Waals surface area contributed by atoms with Crippen LogP contribution in [0.4, 0.5) is 0 Å². The lowest BCUT2D eigenvalue weighted by molar-refractivity contribution is 0.667. The third kappa shape index (κ3) is 3.19. The van der Waals surface area contributed by atoms with E-state index >= 15 is 0 Å². The highest BCUT2D eigenvalue weighted by atomic mass is 35.5. The van der Waals surface area contributed by atoms with Gasteiger partial charge in [0.05, 0.1) is 16.4 Å². The van der Waals surface area contributed by atoms with Gasteiger partial charge in [-0.25, -0.2) is 9.97 Å². The zero-order valence-electron chi connectivity index (χ0n) is 22.9. The normalized spacial score (nSPS) is 12.0. The minimum absolute atomic E-state index is 0.191. The Balaban J connectivity index is 1.28. The molecular formula is C38H18ClN3OS. The maximum absolute atomic E-state index is 6.44. The van der Waals surface area contributed by atoms with Crippen LogP contribution in [0.3, 0.4) is 0 Å². The number of hydrogen-bond donors (Lipinski definition) is 0. The third-order valence-corrected chi connectivity index (χ3v) is 9.97. The second-order valence-electron chi connectivity index (χ2n) is 10.9. The molecule has 0 radical (unpaired) electrons. The molecule has 0 aliphatic heterocycles. The molecule has 0 fully saturated rings. The van der Waals surface area contributed by atoms with Gasteiger partial charge in [0.1, 0.15) is 16.8 Å². The predicted octanol–water partition coefficient (Wildman–Crippen LogP) is 10.9. The largest absolute Gasteiger partial charge is 0.452 e. The van der Waals surface area contributed by atoms with Crippen LogP contribution >= 0.6 is 22.9 Å². The molecule has 0 atom stereocenters. The maximum Gasteiger partial charge on any atom is 0.223 e. The first kappa shape index (κ1) is 24.1. The van der Waals surface area contributed by atoms with E-state index < -0.39 is 0 Å². The zero-order valence-corrected chi connectivity index (χ0v) is 24.5. The van der Waals surface area contributed by atoms with Gasteiger partial charge in [0, 0.05) is 53.0 Å². The molecule has 0 amide bonds. The summed E-state index contributed by atoms with van der Waals surface area (Å²) in [5, 5.41) is 8.39. The summed E-state index contributed by atoms with van der Waals surface area (Å²) in [7, 11) is 0. The molecule has 6 aromatic carbocycles. The average molecular weight is 600 g/mol. The quantitative estimate of drug-likeness (QED) is 0.186. The lowest BCUT2D eigenvalue weighted by atomic mass is 10.0. The van der Waals surface area contributed by atoms with Crippen molar-refractivity contribution in [3.8, 4) is 16.9 Å². The van der Waals surface area contributed by atoms with Crippen LogP contribution < -0.4 is 0 Å². The van der Waals surface area contributed by atoms with E-state index in [9.17, 15) is 0 Å². The van der Waals surface area contributed by atoms with Crippen molar-refractivity contribution >= 4 is 97.8 Å². The monoisotopic (exact) mass is 599 g/mol. The first-order chi connectivity index (χ1) is 21.7. The lowest BCUT2D eigenvalue weighted by Gasteiger charge is -2.11. The highest BCUT2D eigenvalue weighted by Crippen LogP contribution is 2.47. The van der Waals surface area contributed by atoms with Crippen molar-refractivity contribution < 1.29 is 4.42 Å². The molecule has 4 heterocycles. The third-order valence-electron chi connectivity index (χ3n) is 8.59. The molecule has 0 N–H and O–H groups in total. The molecule has 0 saturated carbocycles. The van der Waals surface area contributed by atoms with Crippen molar-refractivity contribution in [1.29, 1.82) is 0 Å². The van der Waals surface area contributed by atoms with Gasteiger partial charge in [0.2, 0.25) is 5.28 Å². The van der Waals surface area contributed by atoms with E-state index in [1.54, 1.807) is 0 Å². The van der Waals surface area contributed by atoms with E-state index in [0.29, 0.717) is 16.8 Å². The molecule has 0 unspecified atom stereocenters. The van der Waals surface area contributed by atoms with Gasteiger partial charge in [0.15, 0.2) is 5.58 Å². The van der Waals surface area contributed by atoms with Gasteiger partial charge in [-0.1, -0.05) is 72.8 Å². The number of benzene rings is 5. The second kappa shape index (κ2) is 8.81. The molecule has 0 saturated heterocycles. The van der Waals surface area contributed by atoms with E-state index in [2.05, 4.69) is 106 Å². The van der Waals surface area contributed by atoms with Crippen molar-refractivity contribution in [3.05, 3.63) is 127 Å². The van der Waals surface area contributed by atoms with E-state index in [0.717, 1.165) is 38.6 Å². The van der Waals surface area contributed by atoms with Gasteiger partial charge in [-0.3, -0.25) is 0 Å². The van der Waals surface area contributed by atoms with Gasteiger partial charge in [-0.2, -0.15) is 0 Å². The predicted molar refractivity (Wildman–Crippen MR) is 182 cm³/mol. The molecule has 44 heavy (non-hydrogen) atoms. The van der Waals surface area contributed by atoms with E-state index in [4.69, 9.17) is 16.0 Å². The zero-order chi connectivity index (χ0) is 28.9. The Labute approximate surface area is 259 Å². The van der Waals surface area contributed by atoms with E-state index in [1.165, 1.54) is 36.3 Å². The summed E-state index contributed by atoms with van der Waals surface area (Å²) in [4.78, 5) is 9.10.